The second kappa shape index (κ2) is 3.04. The van der Waals surface area contributed by atoms with Gasteiger partial charge in [-0.05, 0) is 0 Å². The smallest absolute Gasteiger partial charge is 0.154 e. The SMILES string of the molecule is CC(C)(C)c1cn(C2CS(=O)(=O)C2)nn1. The molecule has 0 aliphatic carbocycles. The van der Waals surface area contributed by atoms with Crippen LogP contribution in [0.15, 0.2) is 6.20 Å². The minimum Gasteiger partial charge on any atom is -0.247 e. The average Bonchev–Trinajstić information content (AvgIpc) is 2.45. The van der Waals surface area contributed by atoms with Crippen molar-refractivity contribution in [2.24, 2.45) is 0 Å². The Bertz CT molecular complexity index is 458. The van der Waals surface area contributed by atoms with Crippen LogP contribution >= 0.6 is 0 Å². The van der Waals surface area contributed by atoms with Crippen molar-refractivity contribution in [2.45, 2.75) is 32.2 Å². The van der Waals surface area contributed by atoms with Crippen LogP contribution in [0.2, 0.25) is 0 Å². The van der Waals surface area contributed by atoms with E-state index in [1.54, 1.807) is 4.68 Å². The maximum absolute atomic E-state index is 11.0. The summed E-state index contributed by atoms with van der Waals surface area (Å²) in [7, 11) is -2.79. The molecule has 15 heavy (non-hydrogen) atoms. The molecule has 0 radical (unpaired) electrons. The Morgan fingerprint density at radius 3 is 2.40 bits per heavy atom. The standard InChI is InChI=1S/C9H15N3O2S/c1-9(2,3)8-4-12(11-10-8)7-5-15(13,14)6-7/h4,7H,5-6H2,1-3H3. The molecule has 0 bridgehead atoms. The van der Waals surface area contributed by atoms with Crippen molar-refractivity contribution in [1.29, 1.82) is 0 Å². The Hall–Kier alpha value is -0.910. The van der Waals surface area contributed by atoms with Crippen LogP contribution in [-0.4, -0.2) is 34.9 Å². The zero-order valence-corrected chi connectivity index (χ0v) is 9.95. The third-order valence-electron chi connectivity index (χ3n) is 2.55. The summed E-state index contributed by atoms with van der Waals surface area (Å²) in [4.78, 5) is 0. The molecule has 1 fully saturated rings. The van der Waals surface area contributed by atoms with Crippen molar-refractivity contribution in [1.82, 2.24) is 15.0 Å². The highest BCUT2D eigenvalue weighted by Crippen LogP contribution is 2.25. The molecule has 0 N–H and O–H groups in total. The van der Waals surface area contributed by atoms with Gasteiger partial charge in [0.05, 0.1) is 23.2 Å². The van der Waals surface area contributed by atoms with Crippen LogP contribution < -0.4 is 0 Å². The Labute approximate surface area is 89.4 Å². The van der Waals surface area contributed by atoms with Crippen LogP contribution in [0.3, 0.4) is 0 Å². The molecule has 84 valence electrons. The minimum atomic E-state index is -2.79. The molecule has 1 aliphatic rings. The second-order valence-electron chi connectivity index (χ2n) is 5.06. The van der Waals surface area contributed by atoms with Crippen molar-refractivity contribution in [3.8, 4) is 0 Å². The molecule has 0 saturated carbocycles. The van der Waals surface area contributed by atoms with Crippen LogP contribution in [0.1, 0.15) is 32.5 Å². The summed E-state index contributed by atoms with van der Waals surface area (Å²) in [6.45, 7) is 6.16. The number of aromatic nitrogens is 3. The molecule has 1 aromatic heterocycles. The quantitative estimate of drug-likeness (QED) is 0.705. The second-order valence-corrected chi connectivity index (χ2v) is 7.22. The van der Waals surface area contributed by atoms with E-state index in [4.69, 9.17) is 0 Å². The summed E-state index contributed by atoms with van der Waals surface area (Å²) in [5, 5.41) is 8.03. The number of nitrogens with zero attached hydrogens (tertiary/aromatic N) is 3. The van der Waals surface area contributed by atoms with E-state index < -0.39 is 9.84 Å². The van der Waals surface area contributed by atoms with E-state index in [1.807, 2.05) is 6.20 Å². The molecule has 6 heteroatoms. The van der Waals surface area contributed by atoms with Crippen LogP contribution in [0.4, 0.5) is 0 Å². The van der Waals surface area contributed by atoms with Crippen molar-refractivity contribution < 1.29 is 8.42 Å². The Balaban J connectivity index is 2.16. The lowest BCUT2D eigenvalue weighted by molar-refractivity contribution is 0.463. The molecule has 2 heterocycles. The van der Waals surface area contributed by atoms with E-state index in [0.29, 0.717) is 0 Å². The maximum atomic E-state index is 11.0. The van der Waals surface area contributed by atoms with E-state index >= 15 is 0 Å². The molecular weight excluding hydrogens is 214 g/mol. The van der Waals surface area contributed by atoms with E-state index in [0.717, 1.165) is 5.69 Å². The lowest BCUT2D eigenvalue weighted by Gasteiger charge is -2.25. The number of rotatable bonds is 1. The van der Waals surface area contributed by atoms with Gasteiger partial charge in [-0.1, -0.05) is 26.0 Å². The van der Waals surface area contributed by atoms with E-state index in [1.165, 1.54) is 0 Å². The molecule has 1 aromatic rings. The molecular formula is C9H15N3O2S. The van der Waals surface area contributed by atoms with Gasteiger partial charge in [0, 0.05) is 11.6 Å². The Morgan fingerprint density at radius 2 is 2.00 bits per heavy atom. The van der Waals surface area contributed by atoms with Crippen molar-refractivity contribution >= 4 is 9.84 Å². The normalized spacial score (nSPS) is 21.3. The summed E-state index contributed by atoms with van der Waals surface area (Å²) in [5.74, 6) is 0.389. The largest absolute Gasteiger partial charge is 0.247 e. The van der Waals surface area contributed by atoms with Gasteiger partial charge < -0.3 is 0 Å². The highest BCUT2D eigenvalue weighted by molar-refractivity contribution is 7.92. The first-order chi connectivity index (χ1) is 6.78. The Morgan fingerprint density at radius 1 is 1.40 bits per heavy atom. The summed E-state index contributed by atoms with van der Waals surface area (Å²) in [6, 6.07) is -0.0152. The highest BCUT2D eigenvalue weighted by Gasteiger charge is 2.36. The van der Waals surface area contributed by atoms with Gasteiger partial charge in [-0.25, -0.2) is 13.1 Å². The maximum Gasteiger partial charge on any atom is 0.154 e. The fraction of sp³-hybridized carbons (Fsp3) is 0.778. The summed E-state index contributed by atoms with van der Waals surface area (Å²) < 4.78 is 23.7. The minimum absolute atomic E-state index is 0.0152. The van der Waals surface area contributed by atoms with Gasteiger partial charge in [0.2, 0.25) is 0 Å². The van der Waals surface area contributed by atoms with Crippen molar-refractivity contribution in [2.75, 3.05) is 11.5 Å². The molecule has 1 aliphatic heterocycles. The zero-order chi connectivity index (χ0) is 11.3. The molecule has 2 rings (SSSR count). The van der Waals surface area contributed by atoms with Crippen molar-refractivity contribution in [3.05, 3.63) is 11.9 Å². The average molecular weight is 229 g/mol. The van der Waals surface area contributed by atoms with Crippen LogP contribution in [0, 0.1) is 0 Å². The summed E-state index contributed by atoms with van der Waals surface area (Å²) in [6.07, 6.45) is 1.85. The monoisotopic (exact) mass is 229 g/mol. The van der Waals surface area contributed by atoms with Gasteiger partial charge in [0.25, 0.3) is 0 Å². The van der Waals surface area contributed by atoms with Gasteiger partial charge >= 0.3 is 0 Å². The van der Waals surface area contributed by atoms with Gasteiger partial charge in [0.15, 0.2) is 9.84 Å². The van der Waals surface area contributed by atoms with Gasteiger partial charge in [-0.3, -0.25) is 0 Å². The lowest BCUT2D eigenvalue weighted by Crippen LogP contribution is -2.38. The molecule has 0 unspecified atom stereocenters. The van der Waals surface area contributed by atoms with Crippen molar-refractivity contribution in [3.63, 3.8) is 0 Å². The third kappa shape index (κ3) is 2.04. The molecule has 1 saturated heterocycles. The zero-order valence-electron chi connectivity index (χ0n) is 9.14. The third-order valence-corrected chi connectivity index (χ3v) is 4.33. The van der Waals surface area contributed by atoms with Gasteiger partial charge in [-0.2, -0.15) is 0 Å². The number of sulfone groups is 1. The number of hydrogen-bond donors (Lipinski definition) is 0. The van der Waals surface area contributed by atoms with E-state index in [2.05, 4.69) is 31.1 Å². The molecule has 5 nitrogen and oxygen atoms in total. The fourth-order valence-electron chi connectivity index (χ4n) is 1.49. The first-order valence-corrected chi connectivity index (χ1v) is 6.73. The van der Waals surface area contributed by atoms with Crippen LogP contribution in [-0.2, 0) is 15.3 Å². The first kappa shape index (κ1) is 10.6. The van der Waals surface area contributed by atoms with E-state index in [-0.39, 0.29) is 23.0 Å². The number of hydrogen-bond acceptors (Lipinski definition) is 4. The van der Waals surface area contributed by atoms with Crippen LogP contribution in [0.25, 0.3) is 0 Å². The molecule has 0 spiro atoms. The van der Waals surface area contributed by atoms with Gasteiger partial charge in [0.1, 0.15) is 0 Å². The predicted octanol–water partition coefficient (Wildman–Crippen LogP) is 0.545. The summed E-state index contributed by atoms with van der Waals surface area (Å²) >= 11 is 0. The molecule has 0 atom stereocenters. The first-order valence-electron chi connectivity index (χ1n) is 4.91. The molecule has 0 amide bonds. The Kier molecular flexibility index (Phi) is 2.15. The highest BCUT2D eigenvalue weighted by atomic mass is 32.2. The summed E-state index contributed by atoms with van der Waals surface area (Å²) in [5.41, 5.74) is 0.854. The van der Waals surface area contributed by atoms with E-state index in [9.17, 15) is 8.42 Å². The van der Waals surface area contributed by atoms with Gasteiger partial charge in [-0.15, -0.1) is 5.10 Å². The topological polar surface area (TPSA) is 64.8 Å². The van der Waals surface area contributed by atoms with Crippen LogP contribution in [0.5, 0.6) is 0 Å². The predicted molar refractivity (Wildman–Crippen MR) is 56.4 cm³/mol. The molecule has 0 aromatic carbocycles. The fourth-order valence-corrected chi connectivity index (χ4v) is 2.87. The lowest BCUT2D eigenvalue weighted by atomic mass is 9.93.